The molecular formula is C14H13N3OS2. The Bertz CT molecular complexity index is 760. The van der Waals surface area contributed by atoms with E-state index in [1.165, 1.54) is 4.68 Å². The summed E-state index contributed by atoms with van der Waals surface area (Å²) in [6.45, 7) is 0. The maximum atomic E-state index is 12.3. The minimum atomic E-state index is -0.407. The summed E-state index contributed by atoms with van der Waals surface area (Å²) in [4.78, 5) is 14.3. The molecule has 0 amide bonds. The third kappa shape index (κ3) is 2.33. The highest BCUT2D eigenvalue weighted by molar-refractivity contribution is 7.13. The molecule has 0 spiro atoms. The number of hydrogen-bond acceptors (Lipinski definition) is 5. The molecule has 3 aromatic heterocycles. The Kier molecular flexibility index (Phi) is 3.52. The first kappa shape index (κ1) is 13.2. The Hall–Kier alpha value is -1.76. The van der Waals surface area contributed by atoms with Crippen LogP contribution >= 0.6 is 22.7 Å². The maximum absolute atomic E-state index is 12.3. The van der Waals surface area contributed by atoms with Crippen molar-refractivity contribution in [1.29, 1.82) is 0 Å². The maximum Gasteiger partial charge on any atom is 0.271 e. The number of hydrogen-bond donors (Lipinski definition) is 1. The van der Waals surface area contributed by atoms with Gasteiger partial charge in [0.05, 0.1) is 10.9 Å². The molecule has 20 heavy (non-hydrogen) atoms. The predicted molar refractivity (Wildman–Crippen MR) is 83.1 cm³/mol. The van der Waals surface area contributed by atoms with Crippen LogP contribution in [0.1, 0.15) is 16.5 Å². The topological polar surface area (TPSA) is 60.9 Å². The fraction of sp³-hybridized carbons (Fsp3) is 0.143. The van der Waals surface area contributed by atoms with Crippen LogP contribution in [0.25, 0.3) is 10.6 Å². The SMILES string of the molecule is Cn1nc(-c2cccs2)cc(C(N)c2cccs2)c1=O. The van der Waals surface area contributed by atoms with Gasteiger partial charge in [-0.3, -0.25) is 4.79 Å². The molecule has 0 saturated heterocycles. The first-order valence-electron chi connectivity index (χ1n) is 6.08. The number of aryl methyl sites for hydroxylation is 1. The quantitative estimate of drug-likeness (QED) is 0.809. The molecule has 3 rings (SSSR count). The minimum absolute atomic E-state index is 0.147. The van der Waals surface area contributed by atoms with Crippen molar-refractivity contribution < 1.29 is 0 Å². The number of thiophene rings is 2. The minimum Gasteiger partial charge on any atom is -0.319 e. The monoisotopic (exact) mass is 303 g/mol. The van der Waals surface area contributed by atoms with E-state index in [9.17, 15) is 4.79 Å². The average molecular weight is 303 g/mol. The van der Waals surface area contributed by atoms with E-state index in [1.807, 2.05) is 35.0 Å². The lowest BCUT2D eigenvalue weighted by Gasteiger charge is -2.11. The number of nitrogens with zero attached hydrogens (tertiary/aromatic N) is 2. The second kappa shape index (κ2) is 5.32. The number of nitrogens with two attached hydrogens (primary N) is 1. The van der Waals surface area contributed by atoms with Crippen molar-refractivity contribution in [1.82, 2.24) is 9.78 Å². The van der Waals surface area contributed by atoms with Crippen LogP contribution in [0.4, 0.5) is 0 Å². The van der Waals surface area contributed by atoms with Crippen LogP contribution in [0.2, 0.25) is 0 Å². The van der Waals surface area contributed by atoms with Gasteiger partial charge in [0.2, 0.25) is 0 Å². The van der Waals surface area contributed by atoms with Crippen LogP contribution in [0.15, 0.2) is 45.9 Å². The fourth-order valence-electron chi connectivity index (χ4n) is 2.02. The standard InChI is InChI=1S/C14H13N3OS2/c1-17-14(18)9(13(15)12-5-3-7-20-12)8-10(16-17)11-4-2-6-19-11/h2-8,13H,15H2,1H3. The molecule has 2 N–H and O–H groups in total. The van der Waals surface area contributed by atoms with Gasteiger partial charge in [0.15, 0.2) is 0 Å². The number of aromatic nitrogens is 2. The molecule has 4 nitrogen and oxygen atoms in total. The van der Waals surface area contributed by atoms with Gasteiger partial charge in [0.1, 0.15) is 5.69 Å². The summed E-state index contributed by atoms with van der Waals surface area (Å²) in [5, 5.41) is 8.25. The van der Waals surface area contributed by atoms with Gasteiger partial charge in [-0.2, -0.15) is 5.10 Å². The highest BCUT2D eigenvalue weighted by Gasteiger charge is 2.17. The van der Waals surface area contributed by atoms with E-state index in [-0.39, 0.29) is 5.56 Å². The van der Waals surface area contributed by atoms with Crippen molar-refractivity contribution in [3.8, 4) is 10.6 Å². The molecule has 6 heteroatoms. The molecular weight excluding hydrogens is 290 g/mol. The Balaban J connectivity index is 2.13. The molecule has 0 aliphatic rings. The zero-order valence-electron chi connectivity index (χ0n) is 10.8. The summed E-state index contributed by atoms with van der Waals surface area (Å²) >= 11 is 3.15. The van der Waals surface area contributed by atoms with Gasteiger partial charge in [-0.1, -0.05) is 12.1 Å². The summed E-state index contributed by atoms with van der Waals surface area (Å²) in [6.07, 6.45) is 0. The van der Waals surface area contributed by atoms with Crippen molar-refractivity contribution >= 4 is 22.7 Å². The van der Waals surface area contributed by atoms with Crippen LogP contribution in [0, 0.1) is 0 Å². The van der Waals surface area contributed by atoms with E-state index in [2.05, 4.69) is 5.10 Å². The first-order chi connectivity index (χ1) is 9.66. The second-order valence-corrected chi connectivity index (χ2v) is 6.31. The predicted octanol–water partition coefficient (Wildman–Crippen LogP) is 2.62. The molecule has 3 heterocycles. The summed E-state index contributed by atoms with van der Waals surface area (Å²) in [7, 11) is 1.66. The van der Waals surface area contributed by atoms with E-state index < -0.39 is 6.04 Å². The third-order valence-electron chi connectivity index (χ3n) is 3.05. The first-order valence-corrected chi connectivity index (χ1v) is 7.84. The van der Waals surface area contributed by atoms with Gasteiger partial charge in [0.25, 0.3) is 5.56 Å². The van der Waals surface area contributed by atoms with Gasteiger partial charge in [-0.25, -0.2) is 4.68 Å². The average Bonchev–Trinajstić information content (AvgIpc) is 3.13. The van der Waals surface area contributed by atoms with Crippen LogP contribution in [0.3, 0.4) is 0 Å². The molecule has 1 atom stereocenters. The van der Waals surface area contributed by atoms with E-state index in [0.717, 1.165) is 15.4 Å². The smallest absolute Gasteiger partial charge is 0.271 e. The molecule has 0 aliphatic carbocycles. The molecule has 0 saturated carbocycles. The van der Waals surface area contributed by atoms with Crippen molar-refractivity contribution in [2.24, 2.45) is 12.8 Å². The zero-order valence-corrected chi connectivity index (χ0v) is 12.4. The number of rotatable bonds is 3. The normalized spacial score (nSPS) is 12.5. The molecule has 0 aromatic carbocycles. The van der Waals surface area contributed by atoms with E-state index >= 15 is 0 Å². The van der Waals surface area contributed by atoms with Crippen molar-refractivity contribution in [2.75, 3.05) is 0 Å². The summed E-state index contributed by atoms with van der Waals surface area (Å²) in [5.74, 6) is 0. The lowest BCUT2D eigenvalue weighted by Crippen LogP contribution is -2.28. The highest BCUT2D eigenvalue weighted by atomic mass is 32.1. The van der Waals surface area contributed by atoms with Crippen LogP contribution in [-0.2, 0) is 7.05 Å². The van der Waals surface area contributed by atoms with Gasteiger partial charge in [-0.05, 0) is 29.0 Å². The Morgan fingerprint density at radius 1 is 1.25 bits per heavy atom. The molecule has 0 fully saturated rings. The van der Waals surface area contributed by atoms with Crippen molar-refractivity contribution in [3.05, 3.63) is 61.9 Å². The zero-order chi connectivity index (χ0) is 14.1. The second-order valence-electron chi connectivity index (χ2n) is 4.38. The third-order valence-corrected chi connectivity index (χ3v) is 4.90. The van der Waals surface area contributed by atoms with Crippen LogP contribution < -0.4 is 11.3 Å². The van der Waals surface area contributed by atoms with Crippen LogP contribution in [-0.4, -0.2) is 9.78 Å². The molecule has 102 valence electrons. The Labute approximate surface area is 124 Å². The molecule has 0 radical (unpaired) electrons. The lowest BCUT2D eigenvalue weighted by atomic mass is 10.1. The van der Waals surface area contributed by atoms with E-state index in [1.54, 1.807) is 35.8 Å². The summed E-state index contributed by atoms with van der Waals surface area (Å²) in [5.41, 5.74) is 7.44. The summed E-state index contributed by atoms with van der Waals surface area (Å²) < 4.78 is 1.36. The van der Waals surface area contributed by atoms with E-state index in [0.29, 0.717) is 5.56 Å². The Morgan fingerprint density at radius 3 is 2.65 bits per heavy atom. The fourth-order valence-corrected chi connectivity index (χ4v) is 3.45. The lowest BCUT2D eigenvalue weighted by molar-refractivity contribution is 0.686. The van der Waals surface area contributed by atoms with Gasteiger partial charge < -0.3 is 5.73 Å². The summed E-state index contributed by atoms with van der Waals surface area (Å²) in [6, 6.07) is 9.23. The van der Waals surface area contributed by atoms with Crippen molar-refractivity contribution in [3.63, 3.8) is 0 Å². The highest BCUT2D eigenvalue weighted by Crippen LogP contribution is 2.26. The Morgan fingerprint density at radius 2 is 2.00 bits per heavy atom. The van der Waals surface area contributed by atoms with Gasteiger partial charge >= 0.3 is 0 Å². The van der Waals surface area contributed by atoms with Gasteiger partial charge in [0, 0.05) is 17.5 Å². The van der Waals surface area contributed by atoms with Crippen LogP contribution in [0.5, 0.6) is 0 Å². The molecule has 0 aliphatic heterocycles. The largest absolute Gasteiger partial charge is 0.319 e. The molecule has 1 unspecified atom stereocenters. The molecule has 0 bridgehead atoms. The van der Waals surface area contributed by atoms with E-state index in [4.69, 9.17) is 5.73 Å². The molecule has 3 aromatic rings. The van der Waals surface area contributed by atoms with Gasteiger partial charge in [-0.15, -0.1) is 22.7 Å². The van der Waals surface area contributed by atoms with Crippen molar-refractivity contribution in [2.45, 2.75) is 6.04 Å².